The molecule has 0 aliphatic carbocycles. The van der Waals surface area contributed by atoms with Crippen LogP contribution in [0.5, 0.6) is 0 Å². The van der Waals surface area contributed by atoms with Crippen LogP contribution in [0.4, 0.5) is 11.4 Å². The number of hydrogen-bond acceptors (Lipinski definition) is 2. The number of hydrogen-bond donors (Lipinski definition) is 1. The van der Waals surface area contributed by atoms with Gasteiger partial charge in [-0.3, -0.25) is 0 Å². The van der Waals surface area contributed by atoms with Crippen LogP contribution in [0, 0.1) is 0 Å². The second-order valence-electron chi connectivity index (χ2n) is 4.49. The van der Waals surface area contributed by atoms with Gasteiger partial charge in [-0.05, 0) is 35.4 Å². The van der Waals surface area contributed by atoms with Crippen molar-refractivity contribution < 1.29 is 0 Å². The van der Waals surface area contributed by atoms with Crippen LogP contribution in [0.1, 0.15) is 11.1 Å². The number of benzene rings is 2. The molecule has 18 heavy (non-hydrogen) atoms. The first-order valence-electron chi connectivity index (χ1n) is 5.96. The van der Waals surface area contributed by atoms with Crippen LogP contribution in [-0.4, -0.2) is 14.1 Å². The third-order valence-electron chi connectivity index (χ3n) is 2.81. The van der Waals surface area contributed by atoms with Crippen LogP contribution in [0.25, 0.3) is 12.2 Å². The summed E-state index contributed by atoms with van der Waals surface area (Å²) < 4.78 is 0. The SMILES string of the molecule is CN(C)c1ccc(/C=C\c2ccc(N)cc2)cc1. The molecule has 0 spiro atoms. The van der Waals surface area contributed by atoms with Crippen LogP contribution in [0.2, 0.25) is 0 Å². The van der Waals surface area contributed by atoms with Crippen molar-refractivity contribution in [1.29, 1.82) is 0 Å². The van der Waals surface area contributed by atoms with E-state index < -0.39 is 0 Å². The first-order valence-corrected chi connectivity index (χ1v) is 5.96. The molecule has 0 heterocycles. The summed E-state index contributed by atoms with van der Waals surface area (Å²) in [6, 6.07) is 16.3. The lowest BCUT2D eigenvalue weighted by Crippen LogP contribution is -2.07. The number of nitrogens with zero attached hydrogens (tertiary/aromatic N) is 1. The van der Waals surface area contributed by atoms with E-state index in [1.165, 1.54) is 11.3 Å². The second-order valence-corrected chi connectivity index (χ2v) is 4.49. The minimum atomic E-state index is 0.794. The lowest BCUT2D eigenvalue weighted by Gasteiger charge is -2.11. The van der Waals surface area contributed by atoms with Gasteiger partial charge < -0.3 is 10.6 Å². The molecule has 0 bridgehead atoms. The van der Waals surface area contributed by atoms with Crippen molar-refractivity contribution >= 4 is 23.5 Å². The molecular weight excluding hydrogens is 220 g/mol. The fourth-order valence-electron chi connectivity index (χ4n) is 1.68. The molecule has 2 N–H and O–H groups in total. The van der Waals surface area contributed by atoms with Crippen LogP contribution in [-0.2, 0) is 0 Å². The Labute approximate surface area is 108 Å². The Kier molecular flexibility index (Phi) is 3.68. The zero-order chi connectivity index (χ0) is 13.0. The number of anilines is 2. The molecule has 0 saturated carbocycles. The molecule has 0 aromatic heterocycles. The molecule has 0 unspecified atom stereocenters. The predicted molar refractivity (Wildman–Crippen MR) is 80.6 cm³/mol. The summed E-state index contributed by atoms with van der Waals surface area (Å²) in [5, 5.41) is 0. The highest BCUT2D eigenvalue weighted by Crippen LogP contribution is 2.15. The van der Waals surface area contributed by atoms with Crippen molar-refractivity contribution in [3.8, 4) is 0 Å². The molecule has 2 heteroatoms. The maximum atomic E-state index is 5.65. The van der Waals surface area contributed by atoms with Crippen molar-refractivity contribution in [2.45, 2.75) is 0 Å². The summed E-state index contributed by atoms with van der Waals surface area (Å²) in [5.41, 5.74) is 10.00. The first kappa shape index (κ1) is 12.2. The van der Waals surface area contributed by atoms with E-state index in [4.69, 9.17) is 5.73 Å². The van der Waals surface area contributed by atoms with Gasteiger partial charge in [-0.1, -0.05) is 36.4 Å². The molecule has 2 aromatic carbocycles. The Bertz CT molecular complexity index is 522. The average molecular weight is 238 g/mol. The number of rotatable bonds is 3. The molecule has 0 aliphatic heterocycles. The van der Waals surface area contributed by atoms with Gasteiger partial charge in [0.05, 0.1) is 0 Å². The number of nitrogens with two attached hydrogens (primary N) is 1. The molecular formula is C16H18N2. The quantitative estimate of drug-likeness (QED) is 0.655. The van der Waals surface area contributed by atoms with Gasteiger partial charge in [0.1, 0.15) is 0 Å². The average Bonchev–Trinajstić information content (AvgIpc) is 2.38. The zero-order valence-corrected chi connectivity index (χ0v) is 10.8. The summed E-state index contributed by atoms with van der Waals surface area (Å²) in [5.74, 6) is 0. The predicted octanol–water partition coefficient (Wildman–Crippen LogP) is 3.51. The normalized spacial score (nSPS) is 10.8. The molecule has 0 fully saturated rings. The number of nitrogen functional groups attached to an aromatic ring is 1. The highest BCUT2D eigenvalue weighted by molar-refractivity contribution is 5.71. The van der Waals surface area contributed by atoms with E-state index in [9.17, 15) is 0 Å². The molecule has 0 atom stereocenters. The van der Waals surface area contributed by atoms with Gasteiger partial charge in [0.25, 0.3) is 0 Å². The smallest absolute Gasteiger partial charge is 0.0361 e. The standard InChI is InChI=1S/C16H18N2/c1-18(2)16-11-7-14(8-12-16)4-3-13-5-9-15(17)10-6-13/h3-12H,17H2,1-2H3/b4-3-. The molecule has 2 rings (SSSR count). The largest absolute Gasteiger partial charge is 0.399 e. The van der Waals surface area contributed by atoms with E-state index in [2.05, 4.69) is 41.3 Å². The van der Waals surface area contributed by atoms with Crippen molar-refractivity contribution in [2.24, 2.45) is 0 Å². The molecule has 0 radical (unpaired) electrons. The van der Waals surface area contributed by atoms with Crippen molar-refractivity contribution in [1.82, 2.24) is 0 Å². The zero-order valence-electron chi connectivity index (χ0n) is 10.8. The fraction of sp³-hybridized carbons (Fsp3) is 0.125. The third kappa shape index (κ3) is 3.14. The molecule has 2 aromatic rings. The van der Waals surface area contributed by atoms with Crippen molar-refractivity contribution in [2.75, 3.05) is 24.7 Å². The van der Waals surface area contributed by atoms with E-state index in [0.717, 1.165) is 11.3 Å². The maximum absolute atomic E-state index is 5.65. The van der Waals surface area contributed by atoms with Crippen LogP contribution in [0.15, 0.2) is 48.5 Å². The lowest BCUT2D eigenvalue weighted by molar-refractivity contribution is 1.13. The summed E-state index contributed by atoms with van der Waals surface area (Å²) in [4.78, 5) is 2.09. The van der Waals surface area contributed by atoms with Gasteiger partial charge in [0.15, 0.2) is 0 Å². The summed E-state index contributed by atoms with van der Waals surface area (Å²) >= 11 is 0. The maximum Gasteiger partial charge on any atom is 0.0361 e. The molecule has 92 valence electrons. The van der Waals surface area contributed by atoms with Crippen LogP contribution >= 0.6 is 0 Å². The highest BCUT2D eigenvalue weighted by Gasteiger charge is 1.93. The Hall–Kier alpha value is -2.22. The van der Waals surface area contributed by atoms with Gasteiger partial charge >= 0.3 is 0 Å². The van der Waals surface area contributed by atoms with E-state index >= 15 is 0 Å². The monoisotopic (exact) mass is 238 g/mol. The van der Waals surface area contributed by atoms with E-state index in [1.54, 1.807) is 0 Å². The topological polar surface area (TPSA) is 29.3 Å². The van der Waals surface area contributed by atoms with Gasteiger partial charge in [-0.15, -0.1) is 0 Å². The third-order valence-corrected chi connectivity index (χ3v) is 2.81. The summed E-state index contributed by atoms with van der Waals surface area (Å²) in [7, 11) is 4.08. The second kappa shape index (κ2) is 5.41. The van der Waals surface area contributed by atoms with Crippen molar-refractivity contribution in [3.05, 3.63) is 59.7 Å². The molecule has 0 amide bonds. The molecule has 2 nitrogen and oxygen atoms in total. The summed E-state index contributed by atoms with van der Waals surface area (Å²) in [6.07, 6.45) is 4.19. The van der Waals surface area contributed by atoms with E-state index in [-0.39, 0.29) is 0 Å². The highest BCUT2D eigenvalue weighted by atomic mass is 15.1. The Morgan fingerprint density at radius 1 is 0.778 bits per heavy atom. The van der Waals surface area contributed by atoms with Gasteiger partial charge in [-0.25, -0.2) is 0 Å². The van der Waals surface area contributed by atoms with E-state index in [1.807, 2.05) is 38.4 Å². The van der Waals surface area contributed by atoms with Gasteiger partial charge in [0.2, 0.25) is 0 Å². The first-order chi connectivity index (χ1) is 8.65. The van der Waals surface area contributed by atoms with Crippen LogP contribution < -0.4 is 10.6 Å². The van der Waals surface area contributed by atoms with Gasteiger partial charge in [0, 0.05) is 25.5 Å². The Morgan fingerprint density at radius 2 is 1.22 bits per heavy atom. The van der Waals surface area contributed by atoms with E-state index in [0.29, 0.717) is 0 Å². The molecule has 0 aliphatic rings. The van der Waals surface area contributed by atoms with Crippen LogP contribution in [0.3, 0.4) is 0 Å². The van der Waals surface area contributed by atoms with Crippen molar-refractivity contribution in [3.63, 3.8) is 0 Å². The Balaban J connectivity index is 2.11. The lowest BCUT2D eigenvalue weighted by atomic mass is 10.1. The minimum Gasteiger partial charge on any atom is -0.399 e. The Morgan fingerprint density at radius 3 is 1.67 bits per heavy atom. The van der Waals surface area contributed by atoms with Gasteiger partial charge in [-0.2, -0.15) is 0 Å². The molecule has 0 saturated heterocycles. The minimum absolute atomic E-state index is 0.794. The summed E-state index contributed by atoms with van der Waals surface area (Å²) in [6.45, 7) is 0. The fourth-order valence-corrected chi connectivity index (χ4v) is 1.68.